The molecule has 0 heterocycles. The lowest BCUT2D eigenvalue weighted by Crippen LogP contribution is -2.52. The van der Waals surface area contributed by atoms with Crippen molar-refractivity contribution in [3.05, 3.63) is 24.3 Å². The summed E-state index contributed by atoms with van der Waals surface area (Å²) in [6, 6.07) is 7.61. The molecule has 0 spiro atoms. The van der Waals surface area contributed by atoms with Gasteiger partial charge in [-0.1, -0.05) is 13.0 Å². The predicted octanol–water partition coefficient (Wildman–Crippen LogP) is 2.54. The summed E-state index contributed by atoms with van der Waals surface area (Å²) in [5, 5.41) is 3.33. The maximum Gasteiger partial charge on any atom is 0.243 e. The molecule has 1 saturated carbocycles. The second-order valence-corrected chi connectivity index (χ2v) is 5.49. The van der Waals surface area contributed by atoms with Gasteiger partial charge in [0, 0.05) is 11.8 Å². The number of anilines is 1. The number of rotatable bonds is 4. The van der Waals surface area contributed by atoms with Crippen LogP contribution in [0.4, 0.5) is 5.69 Å². The number of hydrogen-bond acceptors (Lipinski definition) is 3. The summed E-state index contributed by atoms with van der Waals surface area (Å²) in [7, 11) is 1.63. The topological polar surface area (TPSA) is 64.3 Å². The van der Waals surface area contributed by atoms with Crippen LogP contribution in [0.5, 0.6) is 5.75 Å². The highest BCUT2D eigenvalue weighted by molar-refractivity contribution is 5.88. The van der Waals surface area contributed by atoms with Crippen molar-refractivity contribution in [3.8, 4) is 5.75 Å². The monoisotopic (exact) mass is 262 g/mol. The molecule has 0 saturated heterocycles. The highest BCUT2D eigenvalue weighted by Gasteiger charge is 2.39. The molecule has 1 amide bonds. The molecule has 0 unspecified atom stereocenters. The lowest BCUT2D eigenvalue weighted by Gasteiger charge is -2.38. The molecule has 1 aliphatic rings. The van der Waals surface area contributed by atoms with Crippen molar-refractivity contribution in [2.75, 3.05) is 12.4 Å². The van der Waals surface area contributed by atoms with Crippen molar-refractivity contribution in [1.29, 1.82) is 0 Å². The minimum atomic E-state index is -0.612. The lowest BCUT2D eigenvalue weighted by molar-refractivity contribution is -0.123. The van der Waals surface area contributed by atoms with Crippen LogP contribution < -0.4 is 15.8 Å². The molecule has 1 fully saturated rings. The molecular weight excluding hydrogens is 240 g/mol. The maximum atomic E-state index is 11.9. The summed E-state index contributed by atoms with van der Waals surface area (Å²) in [4.78, 5) is 11.9. The zero-order valence-electron chi connectivity index (χ0n) is 11.6. The number of nitrogens with one attached hydrogen (secondary N) is 1. The van der Waals surface area contributed by atoms with Gasteiger partial charge in [0.2, 0.25) is 5.91 Å². The van der Waals surface area contributed by atoms with Gasteiger partial charge in [0.1, 0.15) is 11.3 Å². The van der Waals surface area contributed by atoms with Gasteiger partial charge in [-0.3, -0.25) is 4.79 Å². The van der Waals surface area contributed by atoms with Crippen LogP contribution in [0.3, 0.4) is 0 Å². The normalized spacial score (nSPS) is 26.7. The van der Waals surface area contributed by atoms with Gasteiger partial charge in [-0.15, -0.1) is 0 Å². The summed E-state index contributed by atoms with van der Waals surface area (Å²) in [5.74, 6) is 1.18. The molecule has 0 aliphatic heterocycles. The number of methoxy groups -OCH3 is 1. The Bertz CT molecular complexity index is 451. The summed E-state index contributed by atoms with van der Waals surface area (Å²) in [5.41, 5.74) is 5.90. The number of primary amides is 1. The first-order valence-corrected chi connectivity index (χ1v) is 6.78. The maximum absolute atomic E-state index is 11.9. The van der Waals surface area contributed by atoms with Gasteiger partial charge in [0.15, 0.2) is 0 Å². The molecule has 19 heavy (non-hydrogen) atoms. The Hall–Kier alpha value is -1.71. The summed E-state index contributed by atoms with van der Waals surface area (Å²) < 4.78 is 5.20. The highest BCUT2D eigenvalue weighted by atomic mass is 16.5. The third-order valence-electron chi connectivity index (χ3n) is 4.05. The number of carbonyl (C=O) groups is 1. The van der Waals surface area contributed by atoms with E-state index in [2.05, 4.69) is 12.2 Å². The fraction of sp³-hybridized carbons (Fsp3) is 0.533. The van der Waals surface area contributed by atoms with Crippen molar-refractivity contribution in [1.82, 2.24) is 0 Å². The molecule has 1 aliphatic carbocycles. The minimum absolute atomic E-state index is 0.262. The van der Waals surface area contributed by atoms with E-state index in [-0.39, 0.29) is 5.91 Å². The molecule has 3 N–H and O–H groups in total. The Morgan fingerprint density at radius 1 is 1.42 bits per heavy atom. The van der Waals surface area contributed by atoms with E-state index in [1.54, 1.807) is 7.11 Å². The van der Waals surface area contributed by atoms with Crippen molar-refractivity contribution in [2.45, 2.75) is 38.1 Å². The molecule has 0 radical (unpaired) electrons. The van der Waals surface area contributed by atoms with E-state index < -0.39 is 5.54 Å². The van der Waals surface area contributed by atoms with E-state index in [0.717, 1.165) is 37.1 Å². The van der Waals surface area contributed by atoms with Crippen LogP contribution in [-0.2, 0) is 4.79 Å². The first-order valence-electron chi connectivity index (χ1n) is 6.78. The fourth-order valence-electron chi connectivity index (χ4n) is 2.67. The molecule has 104 valence electrons. The standard InChI is InChI=1S/C15H22N2O2/c1-11-6-8-15(9-7-11,14(16)18)17-12-4-3-5-13(10-12)19-2/h3-5,10-11,17H,6-9H2,1-2H3,(H2,16,18). The summed E-state index contributed by atoms with van der Waals surface area (Å²) in [6.45, 7) is 2.22. The second kappa shape index (κ2) is 5.51. The number of ether oxygens (including phenoxy) is 1. The average molecular weight is 262 g/mol. The Balaban J connectivity index is 2.19. The zero-order chi connectivity index (χ0) is 13.9. The molecular formula is C15H22N2O2. The molecule has 0 bridgehead atoms. The Labute approximate surface area is 114 Å². The third-order valence-corrected chi connectivity index (χ3v) is 4.05. The highest BCUT2D eigenvalue weighted by Crippen LogP contribution is 2.35. The summed E-state index contributed by atoms with van der Waals surface area (Å²) >= 11 is 0. The number of hydrogen-bond donors (Lipinski definition) is 2. The van der Waals surface area contributed by atoms with Crippen LogP contribution in [0, 0.1) is 5.92 Å². The second-order valence-electron chi connectivity index (χ2n) is 5.49. The zero-order valence-corrected chi connectivity index (χ0v) is 11.6. The molecule has 0 aromatic heterocycles. The van der Waals surface area contributed by atoms with E-state index in [4.69, 9.17) is 10.5 Å². The van der Waals surface area contributed by atoms with Gasteiger partial charge in [0.05, 0.1) is 7.11 Å². The van der Waals surface area contributed by atoms with Gasteiger partial charge < -0.3 is 15.8 Å². The fourth-order valence-corrected chi connectivity index (χ4v) is 2.67. The Kier molecular flexibility index (Phi) is 3.98. The number of benzene rings is 1. The van der Waals surface area contributed by atoms with Gasteiger partial charge in [-0.2, -0.15) is 0 Å². The van der Waals surface area contributed by atoms with E-state index >= 15 is 0 Å². The summed E-state index contributed by atoms with van der Waals surface area (Å²) in [6.07, 6.45) is 3.64. The number of nitrogens with two attached hydrogens (primary N) is 1. The molecule has 0 atom stereocenters. The van der Waals surface area contributed by atoms with E-state index in [9.17, 15) is 4.79 Å². The lowest BCUT2D eigenvalue weighted by atomic mass is 9.76. The smallest absolute Gasteiger partial charge is 0.243 e. The van der Waals surface area contributed by atoms with E-state index in [1.165, 1.54) is 0 Å². The van der Waals surface area contributed by atoms with Crippen molar-refractivity contribution in [2.24, 2.45) is 11.7 Å². The Morgan fingerprint density at radius 2 is 2.11 bits per heavy atom. The van der Waals surface area contributed by atoms with Crippen LogP contribution >= 0.6 is 0 Å². The van der Waals surface area contributed by atoms with Crippen LogP contribution in [0.15, 0.2) is 24.3 Å². The van der Waals surface area contributed by atoms with Gasteiger partial charge in [0.25, 0.3) is 0 Å². The van der Waals surface area contributed by atoms with Crippen molar-refractivity contribution < 1.29 is 9.53 Å². The number of carbonyl (C=O) groups excluding carboxylic acids is 1. The largest absolute Gasteiger partial charge is 0.497 e. The first kappa shape index (κ1) is 13.7. The van der Waals surface area contributed by atoms with Crippen molar-refractivity contribution in [3.63, 3.8) is 0 Å². The molecule has 4 nitrogen and oxygen atoms in total. The molecule has 4 heteroatoms. The van der Waals surface area contributed by atoms with E-state index in [0.29, 0.717) is 5.92 Å². The first-order chi connectivity index (χ1) is 9.05. The van der Waals surface area contributed by atoms with E-state index in [1.807, 2.05) is 24.3 Å². The van der Waals surface area contributed by atoms with Gasteiger partial charge in [-0.25, -0.2) is 0 Å². The number of amides is 1. The molecule has 2 rings (SSSR count). The van der Waals surface area contributed by atoms with Crippen LogP contribution in [0.1, 0.15) is 32.6 Å². The van der Waals surface area contributed by atoms with Crippen molar-refractivity contribution >= 4 is 11.6 Å². The minimum Gasteiger partial charge on any atom is -0.497 e. The predicted molar refractivity (Wildman–Crippen MR) is 76.2 cm³/mol. The van der Waals surface area contributed by atoms with Crippen LogP contribution in [0.25, 0.3) is 0 Å². The van der Waals surface area contributed by atoms with Gasteiger partial charge >= 0.3 is 0 Å². The quantitative estimate of drug-likeness (QED) is 0.876. The van der Waals surface area contributed by atoms with Crippen LogP contribution in [0.2, 0.25) is 0 Å². The third kappa shape index (κ3) is 3.00. The Morgan fingerprint density at radius 3 is 2.68 bits per heavy atom. The van der Waals surface area contributed by atoms with Gasteiger partial charge in [-0.05, 0) is 43.7 Å². The molecule has 1 aromatic carbocycles. The average Bonchev–Trinajstić information content (AvgIpc) is 2.41. The van der Waals surface area contributed by atoms with Crippen LogP contribution in [-0.4, -0.2) is 18.6 Å². The molecule has 1 aromatic rings. The SMILES string of the molecule is COc1cccc(NC2(C(N)=O)CCC(C)CC2)c1.